The lowest BCUT2D eigenvalue weighted by atomic mass is 9.96. The van der Waals surface area contributed by atoms with Crippen molar-refractivity contribution in [3.8, 4) is 11.4 Å². The SMILES string of the molecule is Cc1ccc(-c2noc(CN3CCCC(C(=O)NC4CCCC4)C3)n2)cc1. The zero-order valence-corrected chi connectivity index (χ0v) is 16.0. The molecule has 1 aliphatic carbocycles. The number of likely N-dealkylation sites (tertiary alicyclic amines) is 1. The van der Waals surface area contributed by atoms with Gasteiger partial charge in [0, 0.05) is 18.2 Å². The first kappa shape index (κ1) is 18.2. The molecular weight excluding hydrogens is 340 g/mol. The quantitative estimate of drug-likeness (QED) is 0.877. The standard InChI is InChI=1S/C21H28N4O2/c1-15-8-10-16(11-9-15)20-23-19(27-24-20)14-25-12-4-5-17(13-25)21(26)22-18-6-2-3-7-18/h8-11,17-18H,2-7,12-14H2,1H3,(H,22,26). The molecule has 1 aliphatic heterocycles. The smallest absolute Gasteiger partial charge is 0.241 e. The van der Waals surface area contributed by atoms with Gasteiger partial charge in [0.05, 0.1) is 12.5 Å². The van der Waals surface area contributed by atoms with E-state index < -0.39 is 0 Å². The van der Waals surface area contributed by atoms with Gasteiger partial charge in [0.15, 0.2) is 0 Å². The van der Waals surface area contributed by atoms with E-state index in [1.807, 2.05) is 24.3 Å². The Hall–Kier alpha value is -2.21. The molecule has 1 aromatic heterocycles. The van der Waals surface area contributed by atoms with Gasteiger partial charge in [0.25, 0.3) is 0 Å². The predicted molar refractivity (Wildman–Crippen MR) is 103 cm³/mol. The molecule has 6 heteroatoms. The van der Waals surface area contributed by atoms with Gasteiger partial charge in [-0.25, -0.2) is 0 Å². The van der Waals surface area contributed by atoms with Crippen molar-refractivity contribution in [2.45, 2.75) is 58.0 Å². The van der Waals surface area contributed by atoms with Gasteiger partial charge >= 0.3 is 0 Å². The Morgan fingerprint density at radius 1 is 1.19 bits per heavy atom. The maximum absolute atomic E-state index is 12.6. The second kappa shape index (κ2) is 8.21. The Labute approximate surface area is 160 Å². The molecule has 1 saturated heterocycles. The molecule has 27 heavy (non-hydrogen) atoms. The summed E-state index contributed by atoms with van der Waals surface area (Å²) in [6, 6.07) is 8.50. The van der Waals surface area contributed by atoms with Crippen LogP contribution in [-0.4, -0.2) is 40.1 Å². The van der Waals surface area contributed by atoms with Gasteiger partial charge in [0.2, 0.25) is 17.6 Å². The molecule has 2 aromatic rings. The Morgan fingerprint density at radius 3 is 2.74 bits per heavy atom. The largest absolute Gasteiger partial charge is 0.353 e. The lowest BCUT2D eigenvalue weighted by Crippen LogP contribution is -2.45. The van der Waals surface area contributed by atoms with Crippen molar-refractivity contribution in [3.63, 3.8) is 0 Å². The summed E-state index contributed by atoms with van der Waals surface area (Å²) in [4.78, 5) is 19.4. The number of hydrogen-bond donors (Lipinski definition) is 1. The van der Waals surface area contributed by atoms with Crippen LogP contribution in [0.15, 0.2) is 28.8 Å². The van der Waals surface area contributed by atoms with Crippen LogP contribution in [0.3, 0.4) is 0 Å². The summed E-state index contributed by atoms with van der Waals surface area (Å²) in [7, 11) is 0. The summed E-state index contributed by atoms with van der Waals surface area (Å²) < 4.78 is 5.45. The first-order chi connectivity index (χ1) is 13.2. The van der Waals surface area contributed by atoms with Crippen molar-refractivity contribution < 1.29 is 9.32 Å². The highest BCUT2D eigenvalue weighted by Crippen LogP contribution is 2.22. The number of aromatic nitrogens is 2. The van der Waals surface area contributed by atoms with E-state index >= 15 is 0 Å². The highest BCUT2D eigenvalue weighted by molar-refractivity contribution is 5.79. The number of amides is 1. The molecule has 1 atom stereocenters. The number of carbonyl (C=O) groups excluding carboxylic acids is 1. The van der Waals surface area contributed by atoms with Gasteiger partial charge in [-0.15, -0.1) is 0 Å². The van der Waals surface area contributed by atoms with Crippen LogP contribution in [0.2, 0.25) is 0 Å². The third-order valence-corrected chi connectivity index (χ3v) is 5.71. The minimum Gasteiger partial charge on any atom is -0.353 e. The number of rotatable bonds is 5. The second-order valence-corrected chi connectivity index (χ2v) is 7.94. The topological polar surface area (TPSA) is 71.3 Å². The van der Waals surface area contributed by atoms with E-state index in [0.29, 0.717) is 24.3 Å². The number of nitrogens with zero attached hydrogens (tertiary/aromatic N) is 3. The molecule has 2 heterocycles. The minimum absolute atomic E-state index is 0.0684. The molecule has 6 nitrogen and oxygen atoms in total. The van der Waals surface area contributed by atoms with Gasteiger partial charge in [-0.3, -0.25) is 9.69 Å². The highest BCUT2D eigenvalue weighted by atomic mass is 16.5. The lowest BCUT2D eigenvalue weighted by Gasteiger charge is -2.31. The molecule has 2 aliphatic rings. The van der Waals surface area contributed by atoms with Crippen LogP contribution in [0.5, 0.6) is 0 Å². The van der Waals surface area contributed by atoms with E-state index in [-0.39, 0.29) is 11.8 Å². The Balaban J connectivity index is 1.34. The van der Waals surface area contributed by atoms with Crippen molar-refractivity contribution in [1.29, 1.82) is 0 Å². The molecule has 1 N–H and O–H groups in total. The highest BCUT2D eigenvalue weighted by Gasteiger charge is 2.28. The summed E-state index contributed by atoms with van der Waals surface area (Å²) in [5, 5.41) is 7.36. The molecular formula is C21H28N4O2. The van der Waals surface area contributed by atoms with Gasteiger partial charge in [-0.1, -0.05) is 47.8 Å². The van der Waals surface area contributed by atoms with Crippen molar-refractivity contribution in [2.75, 3.05) is 13.1 Å². The molecule has 1 amide bonds. The average molecular weight is 368 g/mol. The van der Waals surface area contributed by atoms with Gasteiger partial charge in [0.1, 0.15) is 0 Å². The van der Waals surface area contributed by atoms with Crippen molar-refractivity contribution >= 4 is 5.91 Å². The normalized spacial score (nSPS) is 21.4. The maximum Gasteiger partial charge on any atom is 0.241 e. The average Bonchev–Trinajstić information content (AvgIpc) is 3.35. The van der Waals surface area contributed by atoms with Crippen LogP contribution in [0.4, 0.5) is 0 Å². The number of hydrogen-bond acceptors (Lipinski definition) is 5. The zero-order valence-electron chi connectivity index (χ0n) is 16.0. The first-order valence-electron chi connectivity index (χ1n) is 10.1. The third-order valence-electron chi connectivity index (χ3n) is 5.71. The molecule has 2 fully saturated rings. The summed E-state index contributed by atoms with van der Waals surface area (Å²) in [6.07, 6.45) is 6.73. The summed E-state index contributed by atoms with van der Waals surface area (Å²) >= 11 is 0. The number of carbonyl (C=O) groups is 1. The molecule has 0 bridgehead atoms. The third kappa shape index (κ3) is 4.56. The van der Waals surface area contributed by atoms with E-state index in [9.17, 15) is 4.79 Å². The monoisotopic (exact) mass is 368 g/mol. The molecule has 0 radical (unpaired) electrons. The number of aryl methyl sites for hydroxylation is 1. The van der Waals surface area contributed by atoms with E-state index in [4.69, 9.17) is 4.52 Å². The molecule has 144 valence electrons. The van der Waals surface area contributed by atoms with Crippen molar-refractivity contribution in [2.24, 2.45) is 5.92 Å². The van der Waals surface area contributed by atoms with Crippen LogP contribution in [0, 0.1) is 12.8 Å². The fourth-order valence-electron chi connectivity index (χ4n) is 4.13. The number of benzene rings is 1. The lowest BCUT2D eigenvalue weighted by molar-refractivity contribution is -0.127. The first-order valence-corrected chi connectivity index (χ1v) is 10.1. The maximum atomic E-state index is 12.6. The number of piperidine rings is 1. The molecule has 0 spiro atoms. The Bertz CT molecular complexity index is 765. The fraction of sp³-hybridized carbons (Fsp3) is 0.571. The van der Waals surface area contributed by atoms with Crippen LogP contribution < -0.4 is 5.32 Å². The van der Waals surface area contributed by atoms with Gasteiger partial charge in [-0.05, 0) is 39.2 Å². The fourth-order valence-corrected chi connectivity index (χ4v) is 4.13. The van der Waals surface area contributed by atoms with E-state index in [1.165, 1.54) is 18.4 Å². The van der Waals surface area contributed by atoms with Crippen LogP contribution >= 0.6 is 0 Å². The van der Waals surface area contributed by atoms with E-state index in [2.05, 4.69) is 27.3 Å². The molecule has 1 aromatic carbocycles. The van der Waals surface area contributed by atoms with Crippen LogP contribution in [0.1, 0.15) is 50.0 Å². The summed E-state index contributed by atoms with van der Waals surface area (Å²) in [6.45, 7) is 4.39. The van der Waals surface area contributed by atoms with Crippen molar-refractivity contribution in [3.05, 3.63) is 35.7 Å². The second-order valence-electron chi connectivity index (χ2n) is 7.94. The Kier molecular flexibility index (Phi) is 5.53. The van der Waals surface area contributed by atoms with Crippen molar-refractivity contribution in [1.82, 2.24) is 20.4 Å². The van der Waals surface area contributed by atoms with Gasteiger partial charge in [-0.2, -0.15) is 4.98 Å². The van der Waals surface area contributed by atoms with E-state index in [0.717, 1.165) is 44.3 Å². The summed E-state index contributed by atoms with van der Waals surface area (Å²) in [5.74, 6) is 1.52. The van der Waals surface area contributed by atoms with Gasteiger partial charge < -0.3 is 9.84 Å². The zero-order chi connectivity index (χ0) is 18.6. The predicted octanol–water partition coefficient (Wildman–Crippen LogP) is 3.32. The minimum atomic E-state index is 0.0684. The Morgan fingerprint density at radius 2 is 1.96 bits per heavy atom. The molecule has 4 rings (SSSR count). The van der Waals surface area contributed by atoms with Crippen LogP contribution in [-0.2, 0) is 11.3 Å². The molecule has 1 unspecified atom stereocenters. The summed E-state index contributed by atoms with van der Waals surface area (Å²) in [5.41, 5.74) is 2.17. The van der Waals surface area contributed by atoms with Crippen LogP contribution in [0.25, 0.3) is 11.4 Å². The van der Waals surface area contributed by atoms with E-state index in [1.54, 1.807) is 0 Å². The number of nitrogens with one attached hydrogen (secondary N) is 1. The molecule has 1 saturated carbocycles.